The van der Waals surface area contributed by atoms with E-state index >= 15 is 0 Å². The molecule has 0 unspecified atom stereocenters. The maximum absolute atomic E-state index is 12.3. The van der Waals surface area contributed by atoms with E-state index < -0.39 is 5.97 Å². The number of hydrogen-bond donors (Lipinski definition) is 0. The number of ether oxygens (including phenoxy) is 2. The molecular weight excluding hydrogens is 336 g/mol. The van der Waals surface area contributed by atoms with Crippen molar-refractivity contribution in [1.29, 1.82) is 0 Å². The van der Waals surface area contributed by atoms with Crippen molar-refractivity contribution < 1.29 is 14.3 Å². The number of aromatic nitrogens is 2. The first kappa shape index (κ1) is 15.3. The second-order valence-electron chi connectivity index (χ2n) is 5.14. The number of benzene rings is 1. The van der Waals surface area contributed by atoms with Crippen LogP contribution in [0.15, 0.2) is 73.1 Å². The van der Waals surface area contributed by atoms with Crippen molar-refractivity contribution in [2.45, 2.75) is 0 Å². The summed E-state index contributed by atoms with van der Waals surface area (Å²) in [7, 11) is 0. The Balaban J connectivity index is 1.46. The van der Waals surface area contributed by atoms with Crippen molar-refractivity contribution in [1.82, 2.24) is 9.97 Å². The molecule has 5 nitrogen and oxygen atoms in total. The highest BCUT2D eigenvalue weighted by Gasteiger charge is 2.13. The molecule has 0 bridgehead atoms. The number of rotatable bonds is 4. The van der Waals surface area contributed by atoms with Crippen LogP contribution in [0.3, 0.4) is 0 Å². The predicted molar refractivity (Wildman–Crippen MR) is 95.3 cm³/mol. The van der Waals surface area contributed by atoms with Crippen LogP contribution in [0.25, 0.3) is 10.2 Å². The molecule has 0 saturated heterocycles. The molecule has 1 aromatic carbocycles. The van der Waals surface area contributed by atoms with Gasteiger partial charge in [-0.3, -0.25) is 0 Å². The first-order chi connectivity index (χ1) is 12.3. The van der Waals surface area contributed by atoms with Crippen LogP contribution in [0.5, 0.6) is 17.4 Å². The fraction of sp³-hybridized carbons (Fsp3) is 0. The van der Waals surface area contributed by atoms with Crippen LogP contribution < -0.4 is 9.47 Å². The molecule has 0 saturated carbocycles. The summed E-state index contributed by atoms with van der Waals surface area (Å²) in [4.78, 5) is 21.9. The number of nitrogens with zero attached hydrogens (tertiary/aromatic N) is 2. The number of esters is 1. The molecule has 0 amide bonds. The van der Waals surface area contributed by atoms with Crippen LogP contribution in [-0.2, 0) is 0 Å². The van der Waals surface area contributed by atoms with Crippen molar-refractivity contribution in [3.05, 3.63) is 77.9 Å². The third-order valence-corrected chi connectivity index (χ3v) is 4.43. The van der Waals surface area contributed by atoms with Gasteiger partial charge in [0.1, 0.15) is 21.2 Å². The second kappa shape index (κ2) is 6.70. The minimum Gasteiger partial charge on any atom is -0.439 e. The van der Waals surface area contributed by atoms with Crippen LogP contribution >= 0.6 is 11.3 Å². The van der Waals surface area contributed by atoms with Crippen molar-refractivity contribution in [3.8, 4) is 17.4 Å². The Bertz CT molecular complexity index is 981. The highest BCUT2D eigenvalue weighted by atomic mass is 32.1. The number of fused-ring (bicyclic) bond motifs is 1. The van der Waals surface area contributed by atoms with Crippen LogP contribution in [0.4, 0.5) is 0 Å². The summed E-state index contributed by atoms with van der Waals surface area (Å²) >= 11 is 1.31. The number of carbonyl (C=O) groups excluding carboxylic acids is 1. The lowest BCUT2D eigenvalue weighted by Gasteiger charge is -2.06. The van der Waals surface area contributed by atoms with Crippen LogP contribution in [-0.4, -0.2) is 15.9 Å². The Hall–Kier alpha value is -3.25. The van der Waals surface area contributed by atoms with Gasteiger partial charge in [-0.15, -0.1) is 11.3 Å². The smallest absolute Gasteiger partial charge is 0.353 e. The average Bonchev–Trinajstić information content (AvgIpc) is 3.09. The summed E-state index contributed by atoms with van der Waals surface area (Å²) in [5.41, 5.74) is 0. The standard InChI is InChI=1S/C19H12N2O3S/c22-19(16-12-13-4-3-11-21-18(13)25-16)24-15-8-6-14(7-9-15)23-17-5-1-2-10-20-17/h1-12H. The van der Waals surface area contributed by atoms with E-state index in [1.54, 1.807) is 48.8 Å². The minimum atomic E-state index is -0.401. The van der Waals surface area contributed by atoms with Gasteiger partial charge in [-0.2, -0.15) is 0 Å². The van der Waals surface area contributed by atoms with Gasteiger partial charge in [-0.1, -0.05) is 12.1 Å². The molecule has 25 heavy (non-hydrogen) atoms. The molecule has 0 aliphatic rings. The highest BCUT2D eigenvalue weighted by Crippen LogP contribution is 2.26. The molecule has 0 N–H and O–H groups in total. The van der Waals surface area contributed by atoms with E-state index in [0.717, 1.165) is 10.2 Å². The zero-order chi connectivity index (χ0) is 17.1. The van der Waals surface area contributed by atoms with Crippen molar-refractivity contribution in [3.63, 3.8) is 0 Å². The fourth-order valence-corrected chi connectivity index (χ4v) is 3.11. The highest BCUT2D eigenvalue weighted by molar-refractivity contribution is 7.20. The van der Waals surface area contributed by atoms with Crippen molar-refractivity contribution in [2.75, 3.05) is 0 Å². The van der Waals surface area contributed by atoms with Crippen LogP contribution in [0.2, 0.25) is 0 Å². The summed E-state index contributed by atoms with van der Waals surface area (Å²) in [5, 5.41) is 0.929. The van der Waals surface area contributed by atoms with Gasteiger partial charge >= 0.3 is 5.97 Å². The van der Waals surface area contributed by atoms with Crippen LogP contribution in [0, 0.1) is 0 Å². The number of pyridine rings is 2. The quantitative estimate of drug-likeness (QED) is 0.395. The zero-order valence-corrected chi connectivity index (χ0v) is 13.8. The lowest BCUT2D eigenvalue weighted by Crippen LogP contribution is -2.06. The topological polar surface area (TPSA) is 61.3 Å². The zero-order valence-electron chi connectivity index (χ0n) is 13.0. The van der Waals surface area contributed by atoms with Crippen molar-refractivity contribution >= 4 is 27.5 Å². The molecule has 3 heterocycles. The van der Waals surface area contributed by atoms with Gasteiger partial charge < -0.3 is 9.47 Å². The first-order valence-corrected chi connectivity index (χ1v) is 8.35. The second-order valence-corrected chi connectivity index (χ2v) is 6.17. The SMILES string of the molecule is O=C(Oc1ccc(Oc2ccccn2)cc1)c1cc2cccnc2s1. The molecule has 4 rings (SSSR count). The molecule has 0 aliphatic heterocycles. The lowest BCUT2D eigenvalue weighted by atomic mass is 10.3. The largest absolute Gasteiger partial charge is 0.439 e. The molecule has 0 atom stereocenters. The Labute approximate surface area is 147 Å². The van der Waals surface area contributed by atoms with Gasteiger partial charge in [0.05, 0.1) is 0 Å². The van der Waals surface area contributed by atoms with E-state index in [1.807, 2.05) is 24.3 Å². The maximum atomic E-state index is 12.3. The summed E-state index contributed by atoms with van der Waals surface area (Å²) < 4.78 is 11.0. The predicted octanol–water partition coefficient (Wildman–Crippen LogP) is 4.70. The van der Waals surface area contributed by atoms with E-state index in [4.69, 9.17) is 9.47 Å². The molecular formula is C19H12N2O3S. The van der Waals surface area contributed by atoms with Gasteiger partial charge in [0.2, 0.25) is 5.88 Å². The molecule has 3 aromatic heterocycles. The normalized spacial score (nSPS) is 10.6. The Morgan fingerprint density at radius 3 is 2.44 bits per heavy atom. The average molecular weight is 348 g/mol. The fourth-order valence-electron chi connectivity index (χ4n) is 2.24. The molecule has 0 spiro atoms. The van der Waals surface area contributed by atoms with E-state index in [-0.39, 0.29) is 0 Å². The number of hydrogen-bond acceptors (Lipinski definition) is 6. The van der Waals surface area contributed by atoms with Gasteiger partial charge in [0.15, 0.2) is 0 Å². The van der Waals surface area contributed by atoms with Gasteiger partial charge in [0, 0.05) is 23.8 Å². The Kier molecular flexibility index (Phi) is 4.10. The summed E-state index contributed by atoms with van der Waals surface area (Å²) in [5.74, 6) is 1.17. The minimum absolute atomic E-state index is 0.401. The molecule has 0 aliphatic carbocycles. The third kappa shape index (κ3) is 3.49. The van der Waals surface area contributed by atoms with Crippen molar-refractivity contribution in [2.24, 2.45) is 0 Å². The molecule has 4 aromatic rings. The van der Waals surface area contributed by atoms with E-state index in [2.05, 4.69) is 9.97 Å². The monoisotopic (exact) mass is 348 g/mol. The summed E-state index contributed by atoms with van der Waals surface area (Å²) in [6, 6.07) is 17.8. The molecule has 0 fully saturated rings. The third-order valence-electron chi connectivity index (χ3n) is 3.39. The molecule has 122 valence electrons. The Morgan fingerprint density at radius 2 is 1.68 bits per heavy atom. The van der Waals surface area contributed by atoms with Crippen LogP contribution in [0.1, 0.15) is 9.67 Å². The lowest BCUT2D eigenvalue weighted by molar-refractivity contribution is 0.0740. The number of carbonyl (C=O) groups is 1. The molecule has 0 radical (unpaired) electrons. The van der Waals surface area contributed by atoms with Gasteiger partial charge in [0.25, 0.3) is 0 Å². The number of thiophene rings is 1. The first-order valence-electron chi connectivity index (χ1n) is 7.54. The Morgan fingerprint density at radius 1 is 0.880 bits per heavy atom. The van der Waals surface area contributed by atoms with Gasteiger partial charge in [-0.25, -0.2) is 14.8 Å². The van der Waals surface area contributed by atoms with Gasteiger partial charge in [-0.05, 0) is 42.5 Å². The summed E-state index contributed by atoms with van der Waals surface area (Å²) in [6.07, 6.45) is 3.36. The van der Waals surface area contributed by atoms with E-state index in [9.17, 15) is 4.79 Å². The maximum Gasteiger partial charge on any atom is 0.353 e. The molecule has 6 heteroatoms. The van der Waals surface area contributed by atoms with E-state index in [1.165, 1.54) is 11.3 Å². The van der Waals surface area contributed by atoms with E-state index in [0.29, 0.717) is 22.3 Å². The summed E-state index contributed by atoms with van der Waals surface area (Å²) in [6.45, 7) is 0.